The van der Waals surface area contributed by atoms with Crippen LogP contribution in [0.2, 0.25) is 0 Å². The molecule has 1 aliphatic rings. The number of benzene rings is 2. The van der Waals surface area contributed by atoms with Gasteiger partial charge in [-0.15, -0.1) is 0 Å². The molecule has 7 nitrogen and oxygen atoms in total. The summed E-state index contributed by atoms with van der Waals surface area (Å²) in [5.41, 5.74) is 4.24. The largest absolute Gasteiger partial charge is 0.493 e. The number of methoxy groups -OCH3 is 1. The third kappa shape index (κ3) is 5.82. The topological polar surface area (TPSA) is 91.5 Å². The molecule has 3 aromatic rings. The molecule has 1 saturated carbocycles. The Morgan fingerprint density at radius 2 is 1.84 bits per heavy atom. The van der Waals surface area contributed by atoms with Crippen molar-refractivity contribution in [1.29, 1.82) is 0 Å². The normalized spacial score (nSPS) is 15.8. The van der Waals surface area contributed by atoms with Crippen LogP contribution in [-0.2, 0) is 10.9 Å². The number of nitrogens with zero attached hydrogens (tertiary/aromatic N) is 2. The fourth-order valence-electron chi connectivity index (χ4n) is 4.37. The highest BCUT2D eigenvalue weighted by Crippen LogP contribution is 2.39. The Bertz CT molecular complexity index is 1300. The van der Waals surface area contributed by atoms with Crippen molar-refractivity contribution in [2.24, 2.45) is 0 Å². The first-order chi connectivity index (χ1) is 17.4. The van der Waals surface area contributed by atoms with Gasteiger partial charge < -0.3 is 25.3 Å². The average molecular weight is 523 g/mol. The minimum atomic E-state index is -4.88. The Morgan fingerprint density at radius 3 is 2.46 bits per heavy atom. The van der Waals surface area contributed by atoms with E-state index in [0.717, 1.165) is 19.3 Å². The van der Waals surface area contributed by atoms with Gasteiger partial charge in [-0.2, -0.15) is 13.2 Å². The highest BCUT2D eigenvalue weighted by Gasteiger charge is 2.36. The van der Waals surface area contributed by atoms with Gasteiger partial charge in [-0.25, -0.2) is 14.4 Å². The molecule has 200 valence electrons. The van der Waals surface area contributed by atoms with Crippen LogP contribution < -0.4 is 20.5 Å². The fourth-order valence-corrected chi connectivity index (χ4v) is 4.37. The highest BCUT2D eigenvalue weighted by molar-refractivity contribution is 5.92. The van der Waals surface area contributed by atoms with Gasteiger partial charge in [0.1, 0.15) is 24.1 Å². The number of fused-ring (bicyclic) bond motifs is 1. The predicted molar refractivity (Wildman–Crippen MR) is 132 cm³/mol. The van der Waals surface area contributed by atoms with Crippen molar-refractivity contribution < 1.29 is 31.8 Å². The van der Waals surface area contributed by atoms with E-state index >= 15 is 0 Å². The number of aryl methyl sites for hydroxylation is 1. The molecule has 0 saturated heterocycles. The minimum absolute atomic E-state index is 0.0997. The van der Waals surface area contributed by atoms with Gasteiger partial charge in [0.2, 0.25) is 0 Å². The first-order valence-corrected chi connectivity index (χ1v) is 12.0. The molecule has 0 bridgehead atoms. The minimum Gasteiger partial charge on any atom is -0.493 e. The molecule has 0 radical (unpaired) electrons. The van der Waals surface area contributed by atoms with Crippen molar-refractivity contribution in [3.8, 4) is 11.5 Å². The number of halogens is 4. The smallest absolute Gasteiger partial charge is 0.419 e. The van der Waals surface area contributed by atoms with Crippen LogP contribution >= 0.6 is 0 Å². The van der Waals surface area contributed by atoms with E-state index < -0.39 is 23.6 Å². The third-order valence-electron chi connectivity index (χ3n) is 6.54. The molecule has 4 rings (SSSR count). The number of hydrogen-bond donors (Lipinski definition) is 2. The van der Waals surface area contributed by atoms with Gasteiger partial charge in [0.25, 0.3) is 0 Å². The fraction of sp³-hybridized carbons (Fsp3) is 0.462. The summed E-state index contributed by atoms with van der Waals surface area (Å²) < 4.78 is 72.1. The molecule has 1 heterocycles. The van der Waals surface area contributed by atoms with E-state index in [9.17, 15) is 17.6 Å². The van der Waals surface area contributed by atoms with Crippen molar-refractivity contribution in [2.45, 2.75) is 57.9 Å². The summed E-state index contributed by atoms with van der Waals surface area (Å²) in [6, 6.07) is 4.24. The monoisotopic (exact) mass is 522 g/mol. The van der Waals surface area contributed by atoms with Crippen LogP contribution in [0.5, 0.6) is 11.5 Å². The maximum absolute atomic E-state index is 14.8. The Morgan fingerprint density at radius 1 is 1.11 bits per heavy atom. The maximum atomic E-state index is 14.8. The lowest BCUT2D eigenvalue weighted by Crippen LogP contribution is -2.37. The zero-order chi connectivity index (χ0) is 27.0. The first kappa shape index (κ1) is 26.7. The third-order valence-corrected chi connectivity index (χ3v) is 6.54. The van der Waals surface area contributed by atoms with Crippen molar-refractivity contribution in [2.75, 3.05) is 31.4 Å². The van der Waals surface area contributed by atoms with Gasteiger partial charge in [0.15, 0.2) is 11.5 Å². The summed E-state index contributed by atoms with van der Waals surface area (Å²) in [6.07, 6.45) is -1.68. The molecule has 0 aliphatic heterocycles. The van der Waals surface area contributed by atoms with Crippen molar-refractivity contribution in [1.82, 2.24) is 9.97 Å². The number of nitrogen functional groups attached to an aromatic ring is 1. The number of anilines is 2. The molecule has 3 N–H and O–H groups in total. The van der Waals surface area contributed by atoms with Crippen molar-refractivity contribution in [3.63, 3.8) is 0 Å². The number of nitrogens with one attached hydrogen (secondary N) is 1. The molecular formula is C26H30F4N4O3. The molecule has 2 aromatic carbocycles. The zero-order valence-electron chi connectivity index (χ0n) is 21.1. The number of hydrogen-bond acceptors (Lipinski definition) is 7. The summed E-state index contributed by atoms with van der Waals surface area (Å²) in [5.74, 6) is 0.203. The van der Waals surface area contributed by atoms with E-state index in [1.54, 1.807) is 19.1 Å². The molecule has 1 aliphatic carbocycles. The van der Waals surface area contributed by atoms with Crippen molar-refractivity contribution in [3.05, 3.63) is 47.0 Å². The van der Waals surface area contributed by atoms with Crippen LogP contribution in [0.1, 0.15) is 56.1 Å². The maximum Gasteiger partial charge on any atom is 0.419 e. The molecule has 1 fully saturated rings. The molecule has 0 amide bonds. The van der Waals surface area contributed by atoms with Crippen LogP contribution in [0.15, 0.2) is 24.3 Å². The van der Waals surface area contributed by atoms with E-state index in [-0.39, 0.29) is 23.5 Å². The second kappa shape index (κ2) is 10.2. The van der Waals surface area contributed by atoms with Crippen LogP contribution in [0.4, 0.5) is 29.1 Å². The number of ether oxygens (including phenoxy) is 3. The molecule has 37 heavy (non-hydrogen) atoms. The van der Waals surface area contributed by atoms with Gasteiger partial charge in [0, 0.05) is 22.7 Å². The molecule has 1 atom stereocenters. The van der Waals surface area contributed by atoms with Gasteiger partial charge in [-0.05, 0) is 58.2 Å². The number of aromatic nitrogens is 2. The second-order valence-corrected chi connectivity index (χ2v) is 9.48. The van der Waals surface area contributed by atoms with E-state index in [1.807, 2.05) is 0 Å². The lowest BCUT2D eigenvalue weighted by Gasteiger charge is -2.38. The van der Waals surface area contributed by atoms with Crippen molar-refractivity contribution >= 4 is 22.4 Å². The Hall–Kier alpha value is -3.34. The van der Waals surface area contributed by atoms with Crippen LogP contribution in [0.3, 0.4) is 0 Å². The van der Waals surface area contributed by atoms with Crippen LogP contribution in [0.25, 0.3) is 10.9 Å². The highest BCUT2D eigenvalue weighted by atomic mass is 19.4. The van der Waals surface area contributed by atoms with Gasteiger partial charge in [-0.1, -0.05) is 0 Å². The Balaban J connectivity index is 1.63. The van der Waals surface area contributed by atoms with Crippen LogP contribution in [-0.4, -0.2) is 35.9 Å². The number of alkyl halides is 3. The summed E-state index contributed by atoms with van der Waals surface area (Å²) in [7, 11) is 1.51. The van der Waals surface area contributed by atoms with E-state index in [2.05, 4.69) is 22.2 Å². The summed E-state index contributed by atoms with van der Waals surface area (Å²) in [5, 5.41) is 3.55. The van der Waals surface area contributed by atoms with Crippen LogP contribution in [0, 0.1) is 12.7 Å². The van der Waals surface area contributed by atoms with E-state index in [4.69, 9.17) is 19.9 Å². The second-order valence-electron chi connectivity index (χ2n) is 9.48. The summed E-state index contributed by atoms with van der Waals surface area (Å²) in [6.45, 7) is 5.97. The molecule has 0 unspecified atom stereocenters. The summed E-state index contributed by atoms with van der Waals surface area (Å²) in [4.78, 5) is 8.85. The predicted octanol–water partition coefficient (Wildman–Crippen LogP) is 6.20. The SMILES string of the molecule is COc1cc2nc(C)nc(N[C@H](C)c3cc(N)cc(C(F)(F)F)c3F)c2cc1OCCOC1(C)CCC1. The zero-order valence-corrected chi connectivity index (χ0v) is 21.1. The van der Waals surface area contributed by atoms with Gasteiger partial charge in [0.05, 0.1) is 36.4 Å². The summed E-state index contributed by atoms with van der Waals surface area (Å²) >= 11 is 0. The van der Waals surface area contributed by atoms with E-state index in [1.165, 1.54) is 20.1 Å². The molecule has 1 aromatic heterocycles. The number of nitrogens with two attached hydrogens (primary N) is 1. The molecule has 11 heteroatoms. The quantitative estimate of drug-likeness (QED) is 0.196. The molecule has 0 spiro atoms. The van der Waals surface area contributed by atoms with Gasteiger partial charge >= 0.3 is 6.18 Å². The van der Waals surface area contributed by atoms with Gasteiger partial charge in [-0.3, -0.25) is 0 Å². The lowest BCUT2D eigenvalue weighted by atomic mass is 9.82. The molecular weight excluding hydrogens is 492 g/mol. The Labute approximate surface area is 212 Å². The standard InChI is InChI=1S/C26H30F4N4O3/c1-14(17-10-16(31)11-19(23(17)27)26(28,29)30)32-24-18-12-22(36-8-9-37-25(3)6-5-7-25)21(35-4)13-20(18)33-15(2)34-24/h10-14H,5-9,31H2,1-4H3,(H,32,33,34)/t14-/m1/s1. The average Bonchev–Trinajstić information content (AvgIpc) is 2.80. The lowest BCUT2D eigenvalue weighted by molar-refractivity contribution is -0.140. The van der Waals surface area contributed by atoms with E-state index in [0.29, 0.717) is 46.7 Å². The Kier molecular flexibility index (Phi) is 7.36. The first-order valence-electron chi connectivity index (χ1n) is 12.0. The number of rotatable bonds is 9.